The normalized spacial score (nSPS) is 10.6. The van der Waals surface area contributed by atoms with Gasteiger partial charge in [0.2, 0.25) is 0 Å². The average Bonchev–Trinajstić information content (AvgIpc) is 2.22. The summed E-state index contributed by atoms with van der Waals surface area (Å²) in [5, 5.41) is 9.18. The van der Waals surface area contributed by atoms with E-state index in [2.05, 4.69) is 9.72 Å². The summed E-state index contributed by atoms with van der Waals surface area (Å²) in [6, 6.07) is 0. The van der Waals surface area contributed by atoms with Crippen molar-refractivity contribution in [3.05, 3.63) is 22.5 Å². The van der Waals surface area contributed by atoms with E-state index in [0.717, 1.165) is 6.20 Å². The number of esters is 1. The Hall–Kier alpha value is -1.43. The number of carbonyl (C=O) groups is 1. The van der Waals surface area contributed by atoms with Crippen molar-refractivity contribution in [2.45, 2.75) is 19.8 Å². The van der Waals surface area contributed by atoms with Gasteiger partial charge in [-0.3, -0.25) is 9.78 Å². The van der Waals surface area contributed by atoms with Crippen LogP contribution in [0.25, 0.3) is 0 Å². The lowest BCUT2D eigenvalue weighted by atomic mass is 10.1. The van der Waals surface area contributed by atoms with Crippen LogP contribution in [0.4, 0.5) is 8.78 Å². The predicted molar refractivity (Wildman–Crippen MR) is 56.2 cm³/mol. The minimum absolute atomic E-state index is 0.162. The minimum atomic E-state index is -2.94. The van der Waals surface area contributed by atoms with Crippen molar-refractivity contribution in [3.63, 3.8) is 0 Å². The predicted octanol–water partition coefficient (Wildman–Crippen LogP) is 2.48. The highest BCUT2D eigenvalue weighted by molar-refractivity contribution is 6.31. The summed E-state index contributed by atoms with van der Waals surface area (Å²) in [6.45, 7) is 1.77. The Bertz CT molecular complexity index is 426. The van der Waals surface area contributed by atoms with Crippen LogP contribution < -0.4 is 0 Å². The molecule has 1 heterocycles. The average molecular weight is 266 g/mol. The quantitative estimate of drug-likeness (QED) is 0.850. The van der Waals surface area contributed by atoms with Crippen LogP contribution in [-0.4, -0.2) is 22.7 Å². The van der Waals surface area contributed by atoms with Crippen molar-refractivity contribution in [2.75, 3.05) is 6.61 Å². The van der Waals surface area contributed by atoms with Gasteiger partial charge < -0.3 is 9.84 Å². The molecule has 0 fully saturated rings. The Balaban J connectivity index is 3.02. The number of hydrogen-bond acceptors (Lipinski definition) is 4. The smallest absolute Gasteiger partial charge is 0.312 e. The number of nitrogens with zero attached hydrogens (tertiary/aromatic N) is 1. The molecule has 0 saturated heterocycles. The molecular formula is C10H10ClF2NO3. The summed E-state index contributed by atoms with van der Waals surface area (Å²) in [6.07, 6.45) is -2.35. The molecule has 1 rings (SSSR count). The lowest BCUT2D eigenvalue weighted by Gasteiger charge is -2.09. The topological polar surface area (TPSA) is 59.4 Å². The van der Waals surface area contributed by atoms with Crippen molar-refractivity contribution in [3.8, 4) is 5.75 Å². The van der Waals surface area contributed by atoms with E-state index in [1.54, 1.807) is 6.92 Å². The van der Waals surface area contributed by atoms with Gasteiger partial charge in [-0.05, 0) is 6.92 Å². The van der Waals surface area contributed by atoms with E-state index in [-0.39, 0.29) is 23.7 Å². The third-order valence-electron chi connectivity index (χ3n) is 1.95. The summed E-state index contributed by atoms with van der Waals surface area (Å²) < 4.78 is 29.8. The van der Waals surface area contributed by atoms with Crippen LogP contribution >= 0.6 is 11.6 Å². The van der Waals surface area contributed by atoms with Gasteiger partial charge in [0.1, 0.15) is 5.75 Å². The molecule has 7 heteroatoms. The van der Waals surface area contributed by atoms with Gasteiger partial charge >= 0.3 is 5.97 Å². The van der Waals surface area contributed by atoms with Gasteiger partial charge in [0.15, 0.2) is 0 Å². The summed E-state index contributed by atoms with van der Waals surface area (Å²) in [7, 11) is 0. The molecule has 1 aromatic heterocycles. The fourth-order valence-electron chi connectivity index (χ4n) is 1.22. The molecule has 0 spiro atoms. The lowest BCUT2D eigenvalue weighted by Crippen LogP contribution is -2.09. The van der Waals surface area contributed by atoms with Crippen molar-refractivity contribution < 1.29 is 23.4 Å². The monoisotopic (exact) mass is 265 g/mol. The van der Waals surface area contributed by atoms with Crippen LogP contribution in [-0.2, 0) is 16.0 Å². The van der Waals surface area contributed by atoms with E-state index < -0.39 is 23.7 Å². The molecule has 0 aliphatic carbocycles. The van der Waals surface area contributed by atoms with Gasteiger partial charge in [-0.15, -0.1) is 0 Å². The van der Waals surface area contributed by atoms with Crippen molar-refractivity contribution in [2.24, 2.45) is 0 Å². The number of pyridine rings is 1. The molecule has 0 aliphatic rings. The van der Waals surface area contributed by atoms with Gasteiger partial charge in [-0.2, -0.15) is 0 Å². The van der Waals surface area contributed by atoms with Gasteiger partial charge in [0.25, 0.3) is 6.43 Å². The number of alkyl halides is 2. The van der Waals surface area contributed by atoms with Gasteiger partial charge in [-0.1, -0.05) is 11.6 Å². The first-order valence-corrected chi connectivity index (χ1v) is 5.15. The van der Waals surface area contributed by atoms with Crippen molar-refractivity contribution >= 4 is 17.6 Å². The SMILES string of the molecule is CCOC(=O)Cc1ncc(Cl)c(C(F)F)c1O. The summed E-state index contributed by atoms with van der Waals surface area (Å²) in [5.74, 6) is -1.42. The number of hydrogen-bond donors (Lipinski definition) is 1. The molecular weight excluding hydrogens is 256 g/mol. The maximum atomic E-state index is 12.6. The third-order valence-corrected chi connectivity index (χ3v) is 2.26. The highest BCUT2D eigenvalue weighted by atomic mass is 35.5. The molecule has 0 aromatic carbocycles. The van der Waals surface area contributed by atoms with Gasteiger partial charge in [0.05, 0.1) is 29.3 Å². The zero-order valence-corrected chi connectivity index (χ0v) is 9.67. The Morgan fingerprint density at radius 1 is 1.65 bits per heavy atom. The Morgan fingerprint density at radius 2 is 2.29 bits per heavy atom. The zero-order valence-electron chi connectivity index (χ0n) is 8.91. The Kier molecular flexibility index (Phi) is 4.62. The summed E-state index contributed by atoms with van der Waals surface area (Å²) in [4.78, 5) is 14.8. The molecule has 0 unspecified atom stereocenters. The van der Waals surface area contributed by atoms with Crippen LogP contribution in [0, 0.1) is 0 Å². The molecule has 0 saturated carbocycles. The van der Waals surface area contributed by atoms with E-state index in [1.165, 1.54) is 0 Å². The first-order chi connectivity index (χ1) is 7.97. The van der Waals surface area contributed by atoms with Gasteiger partial charge in [0, 0.05) is 6.20 Å². The van der Waals surface area contributed by atoms with Crippen molar-refractivity contribution in [1.29, 1.82) is 0 Å². The number of halogens is 3. The van der Waals surface area contributed by atoms with Gasteiger partial charge in [-0.25, -0.2) is 8.78 Å². The number of rotatable bonds is 4. The largest absolute Gasteiger partial charge is 0.505 e. The second-order valence-corrected chi connectivity index (χ2v) is 3.50. The lowest BCUT2D eigenvalue weighted by molar-refractivity contribution is -0.142. The van der Waals surface area contributed by atoms with Crippen LogP contribution in [0.3, 0.4) is 0 Å². The molecule has 4 nitrogen and oxygen atoms in total. The first-order valence-electron chi connectivity index (χ1n) is 4.77. The van der Waals surface area contributed by atoms with Crippen molar-refractivity contribution in [1.82, 2.24) is 4.98 Å². The molecule has 0 bridgehead atoms. The second-order valence-electron chi connectivity index (χ2n) is 3.10. The Labute approximate surface area is 101 Å². The summed E-state index contributed by atoms with van der Waals surface area (Å²) >= 11 is 5.48. The van der Waals surface area contributed by atoms with Crippen LogP contribution in [0.1, 0.15) is 24.6 Å². The van der Waals surface area contributed by atoms with Crippen LogP contribution in [0.2, 0.25) is 5.02 Å². The minimum Gasteiger partial charge on any atom is -0.505 e. The Morgan fingerprint density at radius 3 is 2.82 bits per heavy atom. The molecule has 0 radical (unpaired) electrons. The van der Waals surface area contributed by atoms with E-state index in [0.29, 0.717) is 0 Å². The highest BCUT2D eigenvalue weighted by Gasteiger charge is 2.22. The molecule has 17 heavy (non-hydrogen) atoms. The first kappa shape index (κ1) is 13.6. The van der Waals surface area contributed by atoms with Crippen LogP contribution in [0.5, 0.6) is 5.75 Å². The second kappa shape index (κ2) is 5.77. The third kappa shape index (κ3) is 3.26. The number of aromatic nitrogens is 1. The molecule has 0 atom stereocenters. The van der Waals surface area contributed by atoms with E-state index in [9.17, 15) is 18.7 Å². The molecule has 1 aromatic rings. The maximum Gasteiger partial charge on any atom is 0.312 e. The standard InChI is InChI=1S/C10H10ClF2NO3/c1-2-17-7(15)3-6-9(16)8(10(12)13)5(11)4-14-6/h4,10,16H,2-3H2,1H3. The van der Waals surface area contributed by atoms with Crippen LogP contribution in [0.15, 0.2) is 6.20 Å². The number of ether oxygens (including phenoxy) is 1. The number of carbonyl (C=O) groups excluding carboxylic acids is 1. The molecule has 1 N–H and O–H groups in total. The van der Waals surface area contributed by atoms with E-state index in [1.807, 2.05) is 0 Å². The highest BCUT2D eigenvalue weighted by Crippen LogP contribution is 2.35. The summed E-state index contributed by atoms with van der Waals surface area (Å²) in [5.41, 5.74) is -0.899. The van der Waals surface area contributed by atoms with E-state index >= 15 is 0 Å². The molecule has 0 amide bonds. The molecule has 0 aliphatic heterocycles. The fourth-order valence-corrected chi connectivity index (χ4v) is 1.44. The number of aromatic hydroxyl groups is 1. The maximum absolute atomic E-state index is 12.6. The molecule has 94 valence electrons. The zero-order chi connectivity index (χ0) is 13.0. The fraction of sp³-hybridized carbons (Fsp3) is 0.400. The van der Waals surface area contributed by atoms with E-state index in [4.69, 9.17) is 11.6 Å².